The van der Waals surface area contributed by atoms with Crippen molar-refractivity contribution in [2.45, 2.75) is 33.7 Å². The van der Waals surface area contributed by atoms with E-state index in [4.69, 9.17) is 4.42 Å². The second-order valence-electron chi connectivity index (χ2n) is 4.66. The van der Waals surface area contributed by atoms with E-state index in [-0.39, 0.29) is 6.04 Å². The summed E-state index contributed by atoms with van der Waals surface area (Å²) in [5, 5.41) is 3.30. The number of nitrogens with zero attached hydrogens (tertiary/aromatic N) is 1. The summed E-state index contributed by atoms with van der Waals surface area (Å²) in [7, 11) is 0. The van der Waals surface area contributed by atoms with Crippen LogP contribution in [0.3, 0.4) is 0 Å². The van der Waals surface area contributed by atoms with Gasteiger partial charge in [-0.15, -0.1) is 0 Å². The molecule has 1 aromatic heterocycles. The molecule has 0 radical (unpaired) electrons. The van der Waals surface area contributed by atoms with Crippen LogP contribution < -0.4 is 5.32 Å². The van der Waals surface area contributed by atoms with E-state index in [0.717, 1.165) is 23.8 Å². The van der Waals surface area contributed by atoms with E-state index in [9.17, 15) is 0 Å². The van der Waals surface area contributed by atoms with Gasteiger partial charge in [-0.1, -0.05) is 24.6 Å². The molecule has 1 atom stereocenters. The maximum absolute atomic E-state index is 5.85. The normalized spacial score (nSPS) is 12.7. The molecule has 1 heterocycles. The summed E-state index contributed by atoms with van der Waals surface area (Å²) in [4.78, 5) is 4.35. The van der Waals surface area contributed by atoms with Gasteiger partial charge in [-0.3, -0.25) is 0 Å². The Morgan fingerprint density at radius 2 is 2.11 bits per heavy atom. The fraction of sp³-hybridized carbons (Fsp3) is 0.400. The molecule has 0 spiro atoms. The van der Waals surface area contributed by atoms with E-state index >= 15 is 0 Å². The van der Waals surface area contributed by atoms with Crippen LogP contribution in [0, 0.1) is 13.8 Å². The van der Waals surface area contributed by atoms with E-state index in [1.165, 1.54) is 11.1 Å². The Labute approximate surface area is 108 Å². The van der Waals surface area contributed by atoms with Crippen LogP contribution in [0.25, 0.3) is 11.3 Å². The number of oxazole rings is 1. The third-order valence-electron chi connectivity index (χ3n) is 3.06. The van der Waals surface area contributed by atoms with Crippen molar-refractivity contribution in [3.63, 3.8) is 0 Å². The minimum atomic E-state index is 0.147. The Morgan fingerprint density at radius 1 is 1.33 bits per heavy atom. The molecule has 0 aliphatic carbocycles. The molecule has 1 N–H and O–H groups in total. The highest BCUT2D eigenvalue weighted by molar-refractivity contribution is 5.62. The van der Waals surface area contributed by atoms with Crippen molar-refractivity contribution in [1.82, 2.24) is 10.3 Å². The molecule has 3 heteroatoms. The van der Waals surface area contributed by atoms with Gasteiger partial charge in [-0.05, 0) is 38.9 Å². The zero-order chi connectivity index (χ0) is 13.1. The Morgan fingerprint density at radius 3 is 2.83 bits per heavy atom. The third-order valence-corrected chi connectivity index (χ3v) is 3.06. The highest BCUT2D eigenvalue weighted by Gasteiger charge is 2.13. The van der Waals surface area contributed by atoms with Crippen LogP contribution in [0.5, 0.6) is 0 Å². The van der Waals surface area contributed by atoms with Gasteiger partial charge in [0.2, 0.25) is 5.89 Å². The lowest BCUT2D eigenvalue weighted by molar-refractivity contribution is 0.429. The lowest BCUT2D eigenvalue weighted by Crippen LogP contribution is -2.17. The average Bonchev–Trinajstić information content (AvgIpc) is 2.82. The number of benzene rings is 1. The molecule has 1 aromatic carbocycles. The zero-order valence-electron chi connectivity index (χ0n) is 11.4. The second kappa shape index (κ2) is 5.36. The van der Waals surface area contributed by atoms with Crippen molar-refractivity contribution < 1.29 is 4.42 Å². The maximum Gasteiger partial charge on any atom is 0.211 e. The molecule has 0 fully saturated rings. The minimum absolute atomic E-state index is 0.147. The molecule has 0 amide bonds. The van der Waals surface area contributed by atoms with Gasteiger partial charge in [0, 0.05) is 5.56 Å². The molecule has 1 unspecified atom stereocenters. The van der Waals surface area contributed by atoms with Crippen molar-refractivity contribution >= 4 is 0 Å². The van der Waals surface area contributed by atoms with Crippen LogP contribution in [-0.4, -0.2) is 11.5 Å². The van der Waals surface area contributed by atoms with Gasteiger partial charge < -0.3 is 9.73 Å². The average molecular weight is 244 g/mol. The molecule has 0 bridgehead atoms. The maximum atomic E-state index is 5.85. The van der Waals surface area contributed by atoms with Gasteiger partial charge >= 0.3 is 0 Å². The summed E-state index contributed by atoms with van der Waals surface area (Å²) in [5.41, 5.74) is 3.56. The number of nitrogens with one attached hydrogen (secondary N) is 1. The molecule has 0 aliphatic rings. The van der Waals surface area contributed by atoms with Crippen molar-refractivity contribution in [2.75, 3.05) is 6.54 Å². The van der Waals surface area contributed by atoms with Crippen LogP contribution in [0.15, 0.2) is 28.8 Å². The molecule has 0 saturated heterocycles. The fourth-order valence-electron chi connectivity index (χ4n) is 2.01. The van der Waals surface area contributed by atoms with Gasteiger partial charge in [0.25, 0.3) is 0 Å². The quantitative estimate of drug-likeness (QED) is 0.892. The Bertz CT molecular complexity index is 531. The molecule has 96 valence electrons. The lowest BCUT2D eigenvalue weighted by atomic mass is 10.0. The highest BCUT2D eigenvalue weighted by Crippen LogP contribution is 2.26. The highest BCUT2D eigenvalue weighted by atomic mass is 16.4. The first-order valence-corrected chi connectivity index (χ1v) is 6.38. The molecule has 3 nitrogen and oxygen atoms in total. The van der Waals surface area contributed by atoms with E-state index in [2.05, 4.69) is 56.2 Å². The standard InChI is InChI=1S/C15H20N2O/c1-5-16-12(4)15-17-9-14(18-15)13-8-10(2)6-7-11(13)3/h6-9,12,16H,5H2,1-4H3. The Hall–Kier alpha value is -1.61. The first-order chi connectivity index (χ1) is 8.61. The van der Waals surface area contributed by atoms with E-state index in [1.54, 1.807) is 0 Å². The van der Waals surface area contributed by atoms with Gasteiger partial charge in [0.15, 0.2) is 5.76 Å². The topological polar surface area (TPSA) is 38.1 Å². The third kappa shape index (κ3) is 2.62. The number of aryl methyl sites for hydroxylation is 2. The molecule has 0 aliphatic heterocycles. The number of rotatable bonds is 4. The Balaban J connectivity index is 2.32. The van der Waals surface area contributed by atoms with Crippen LogP contribution in [0.4, 0.5) is 0 Å². The SMILES string of the molecule is CCNC(C)c1ncc(-c2cc(C)ccc2C)o1. The molecular formula is C15H20N2O. The molecule has 0 saturated carbocycles. The van der Waals surface area contributed by atoms with Crippen molar-refractivity contribution in [1.29, 1.82) is 0 Å². The second-order valence-corrected chi connectivity index (χ2v) is 4.66. The molecule has 2 aromatic rings. The van der Waals surface area contributed by atoms with Crippen LogP contribution >= 0.6 is 0 Å². The monoisotopic (exact) mass is 244 g/mol. The summed E-state index contributed by atoms with van der Waals surface area (Å²) < 4.78 is 5.85. The van der Waals surface area contributed by atoms with E-state index < -0.39 is 0 Å². The largest absolute Gasteiger partial charge is 0.439 e. The van der Waals surface area contributed by atoms with Gasteiger partial charge in [-0.2, -0.15) is 0 Å². The first-order valence-electron chi connectivity index (χ1n) is 6.38. The smallest absolute Gasteiger partial charge is 0.211 e. The molecule has 2 rings (SSSR count). The van der Waals surface area contributed by atoms with Gasteiger partial charge in [-0.25, -0.2) is 4.98 Å². The number of aromatic nitrogens is 1. The van der Waals surface area contributed by atoms with Crippen molar-refractivity contribution in [3.8, 4) is 11.3 Å². The van der Waals surface area contributed by atoms with E-state index in [1.807, 2.05) is 6.20 Å². The number of hydrogen-bond donors (Lipinski definition) is 1. The van der Waals surface area contributed by atoms with Crippen LogP contribution in [0.1, 0.15) is 36.9 Å². The van der Waals surface area contributed by atoms with Crippen molar-refractivity contribution in [2.24, 2.45) is 0 Å². The molecular weight excluding hydrogens is 224 g/mol. The van der Waals surface area contributed by atoms with Crippen LogP contribution in [-0.2, 0) is 0 Å². The first kappa shape index (κ1) is 12.8. The predicted octanol–water partition coefficient (Wildman–Crippen LogP) is 3.63. The number of hydrogen-bond acceptors (Lipinski definition) is 3. The molecule has 18 heavy (non-hydrogen) atoms. The summed E-state index contributed by atoms with van der Waals surface area (Å²) in [6.45, 7) is 9.21. The van der Waals surface area contributed by atoms with Crippen molar-refractivity contribution in [3.05, 3.63) is 41.4 Å². The summed E-state index contributed by atoms with van der Waals surface area (Å²) >= 11 is 0. The van der Waals surface area contributed by atoms with Gasteiger partial charge in [0.05, 0.1) is 12.2 Å². The fourth-order valence-corrected chi connectivity index (χ4v) is 2.01. The minimum Gasteiger partial charge on any atom is -0.439 e. The predicted molar refractivity (Wildman–Crippen MR) is 73.5 cm³/mol. The van der Waals surface area contributed by atoms with E-state index in [0.29, 0.717) is 0 Å². The summed E-state index contributed by atoms with van der Waals surface area (Å²) in [6.07, 6.45) is 1.81. The van der Waals surface area contributed by atoms with Crippen LogP contribution in [0.2, 0.25) is 0 Å². The summed E-state index contributed by atoms with van der Waals surface area (Å²) in [5.74, 6) is 1.59. The van der Waals surface area contributed by atoms with Gasteiger partial charge in [0.1, 0.15) is 0 Å². The summed E-state index contributed by atoms with van der Waals surface area (Å²) in [6, 6.07) is 6.50. The Kier molecular flexibility index (Phi) is 3.82. The zero-order valence-corrected chi connectivity index (χ0v) is 11.4. The lowest BCUT2D eigenvalue weighted by Gasteiger charge is -2.07.